The Morgan fingerprint density at radius 3 is 2.28 bits per heavy atom. The van der Waals surface area contributed by atoms with Gasteiger partial charge >= 0.3 is 12.2 Å². The number of nitrogens with one attached hydrogen (secondary N) is 1. The smallest absolute Gasteiger partial charge is 0.367 e. The van der Waals surface area contributed by atoms with Gasteiger partial charge in [0.1, 0.15) is 6.61 Å². The Balaban J connectivity index is 1.40. The molecule has 0 saturated carbocycles. The van der Waals surface area contributed by atoms with Crippen LogP contribution in [0, 0.1) is 0 Å². The van der Waals surface area contributed by atoms with Crippen LogP contribution in [0.2, 0.25) is 5.02 Å². The van der Waals surface area contributed by atoms with Crippen molar-refractivity contribution in [2.45, 2.75) is 32.3 Å². The Morgan fingerprint density at radius 2 is 1.59 bits per heavy atom. The van der Waals surface area contributed by atoms with Crippen molar-refractivity contribution in [3.63, 3.8) is 0 Å². The van der Waals surface area contributed by atoms with Crippen LogP contribution < -0.4 is 5.32 Å². The summed E-state index contributed by atoms with van der Waals surface area (Å²) >= 11 is 5.94. The number of amides is 2. The fourth-order valence-corrected chi connectivity index (χ4v) is 3.63. The van der Waals surface area contributed by atoms with Crippen LogP contribution in [0.5, 0.6) is 0 Å². The van der Waals surface area contributed by atoms with Crippen molar-refractivity contribution >= 4 is 17.6 Å². The summed E-state index contributed by atoms with van der Waals surface area (Å²) in [5.41, 5.74) is 2.72. The van der Waals surface area contributed by atoms with Gasteiger partial charge in [0.15, 0.2) is 0 Å². The number of carbonyl (C=O) groups is 1. The van der Waals surface area contributed by atoms with Crippen molar-refractivity contribution in [2.24, 2.45) is 0 Å². The Bertz CT molecular complexity index is 860. The highest BCUT2D eigenvalue weighted by Gasteiger charge is 2.27. The molecule has 2 aromatic rings. The summed E-state index contributed by atoms with van der Waals surface area (Å²) in [5, 5.41) is 3.64. The lowest BCUT2D eigenvalue weighted by atomic mass is 10.1. The van der Waals surface area contributed by atoms with Gasteiger partial charge in [-0.2, -0.15) is 13.2 Å². The maximum absolute atomic E-state index is 12.6. The molecule has 1 N–H and O–H groups in total. The third kappa shape index (κ3) is 8.33. The topological polar surface area (TPSA) is 44.8 Å². The summed E-state index contributed by atoms with van der Waals surface area (Å²) in [6.45, 7) is 2.86. The maximum atomic E-state index is 12.6. The van der Waals surface area contributed by atoms with Crippen LogP contribution in [0.3, 0.4) is 0 Å². The summed E-state index contributed by atoms with van der Waals surface area (Å²) < 4.78 is 41.1. The minimum absolute atomic E-state index is 0.105. The first kappa shape index (κ1) is 24.4. The zero-order chi connectivity index (χ0) is 23.0. The number of ether oxygens (including phenoxy) is 1. The molecule has 9 heteroatoms. The summed E-state index contributed by atoms with van der Waals surface area (Å²) in [4.78, 5) is 16.7. The number of nitrogens with zero attached hydrogens (tertiary/aromatic N) is 2. The highest BCUT2D eigenvalue weighted by molar-refractivity contribution is 6.30. The second-order valence-electron chi connectivity index (χ2n) is 7.83. The van der Waals surface area contributed by atoms with Gasteiger partial charge in [-0.05, 0) is 35.2 Å². The van der Waals surface area contributed by atoms with Gasteiger partial charge in [-0.25, -0.2) is 4.79 Å². The fraction of sp³-hybridized carbons (Fsp3) is 0.435. The molecule has 0 atom stereocenters. The summed E-state index contributed by atoms with van der Waals surface area (Å²) in [5.74, 6) is 0. The normalized spacial score (nSPS) is 15.4. The molecule has 2 amide bonds. The first-order valence-corrected chi connectivity index (χ1v) is 10.9. The third-order valence-corrected chi connectivity index (χ3v) is 5.45. The lowest BCUT2D eigenvalue weighted by Gasteiger charge is -2.22. The van der Waals surface area contributed by atoms with E-state index in [2.05, 4.69) is 15.0 Å². The Hall–Kier alpha value is -2.29. The van der Waals surface area contributed by atoms with E-state index in [1.54, 1.807) is 24.3 Å². The van der Waals surface area contributed by atoms with Gasteiger partial charge in [0, 0.05) is 44.3 Å². The Kier molecular flexibility index (Phi) is 8.78. The van der Waals surface area contributed by atoms with Crippen LogP contribution >= 0.6 is 11.6 Å². The van der Waals surface area contributed by atoms with Crippen LogP contribution in [-0.2, 0) is 24.4 Å². The van der Waals surface area contributed by atoms with Crippen molar-refractivity contribution in [1.82, 2.24) is 15.1 Å². The molecule has 3 rings (SSSR count). The van der Waals surface area contributed by atoms with E-state index >= 15 is 0 Å². The van der Waals surface area contributed by atoms with Crippen LogP contribution in [0.25, 0.3) is 0 Å². The molecule has 0 aliphatic carbocycles. The van der Waals surface area contributed by atoms with Gasteiger partial charge in [0.05, 0.1) is 6.61 Å². The molecule has 0 spiro atoms. The van der Waals surface area contributed by atoms with Crippen LogP contribution in [0.15, 0.2) is 48.5 Å². The lowest BCUT2D eigenvalue weighted by molar-refractivity contribution is -0.176. The molecule has 32 heavy (non-hydrogen) atoms. The van der Waals surface area contributed by atoms with Crippen LogP contribution in [0.1, 0.15) is 23.1 Å². The number of hydrogen-bond donors (Lipinski definition) is 1. The van der Waals surface area contributed by atoms with Gasteiger partial charge in [-0.1, -0.05) is 48.0 Å². The SMILES string of the molecule is O=C(NCc1ccc(COCC(F)(F)F)cc1)N1CCCN(Cc2ccc(Cl)cc2)CC1. The van der Waals surface area contributed by atoms with Crippen molar-refractivity contribution < 1.29 is 22.7 Å². The molecule has 1 saturated heterocycles. The average Bonchev–Trinajstić information content (AvgIpc) is 2.99. The van der Waals surface area contributed by atoms with E-state index < -0.39 is 12.8 Å². The number of carbonyl (C=O) groups excluding carboxylic acids is 1. The van der Waals surface area contributed by atoms with Crippen molar-refractivity contribution in [1.29, 1.82) is 0 Å². The minimum atomic E-state index is -4.33. The number of hydrogen-bond acceptors (Lipinski definition) is 3. The lowest BCUT2D eigenvalue weighted by Crippen LogP contribution is -2.41. The predicted octanol–water partition coefficient (Wildman–Crippen LogP) is 4.84. The first-order chi connectivity index (χ1) is 15.3. The highest BCUT2D eigenvalue weighted by Crippen LogP contribution is 2.16. The number of alkyl halides is 3. The predicted molar refractivity (Wildman–Crippen MR) is 117 cm³/mol. The molecule has 0 unspecified atom stereocenters. The molecule has 174 valence electrons. The fourth-order valence-electron chi connectivity index (χ4n) is 3.51. The molecule has 2 aromatic carbocycles. The first-order valence-electron chi connectivity index (χ1n) is 10.5. The number of urea groups is 1. The van der Waals surface area contributed by atoms with E-state index in [0.717, 1.165) is 36.6 Å². The molecule has 0 aromatic heterocycles. The molecule has 1 aliphatic rings. The molecule has 1 heterocycles. The molecular weight excluding hydrogens is 443 g/mol. The largest absolute Gasteiger partial charge is 0.411 e. The van der Waals surface area contributed by atoms with E-state index in [-0.39, 0.29) is 12.6 Å². The minimum Gasteiger partial charge on any atom is -0.367 e. The Labute approximate surface area is 191 Å². The van der Waals surface area contributed by atoms with Gasteiger partial charge in [-0.15, -0.1) is 0 Å². The molecule has 0 radical (unpaired) electrons. The van der Waals surface area contributed by atoms with Crippen molar-refractivity contribution in [3.05, 3.63) is 70.2 Å². The average molecular weight is 470 g/mol. The van der Waals surface area contributed by atoms with Crippen LogP contribution in [0.4, 0.5) is 18.0 Å². The summed E-state index contributed by atoms with van der Waals surface area (Å²) in [6, 6.07) is 14.7. The van der Waals surface area contributed by atoms with Gasteiger partial charge in [0.25, 0.3) is 0 Å². The molecule has 5 nitrogen and oxygen atoms in total. The van der Waals surface area contributed by atoms with E-state index in [0.29, 0.717) is 25.2 Å². The van der Waals surface area contributed by atoms with Crippen LogP contribution in [-0.4, -0.2) is 54.8 Å². The van der Waals surface area contributed by atoms with E-state index in [9.17, 15) is 18.0 Å². The summed E-state index contributed by atoms with van der Waals surface area (Å²) in [7, 11) is 0. The monoisotopic (exact) mass is 469 g/mol. The molecular formula is C23H27ClF3N3O2. The second kappa shape index (κ2) is 11.5. The van der Waals surface area contributed by atoms with E-state index in [1.165, 1.54) is 5.56 Å². The standard InChI is InChI=1S/C23H27ClF3N3O2/c24-21-8-6-19(7-9-21)15-29-10-1-11-30(13-12-29)22(31)28-14-18-2-4-20(5-3-18)16-32-17-23(25,26)27/h2-9H,1,10-17H2,(H,28,31). The second-order valence-corrected chi connectivity index (χ2v) is 8.26. The number of rotatable bonds is 7. The third-order valence-electron chi connectivity index (χ3n) is 5.20. The van der Waals surface area contributed by atoms with E-state index in [4.69, 9.17) is 11.6 Å². The van der Waals surface area contributed by atoms with Crippen molar-refractivity contribution in [2.75, 3.05) is 32.8 Å². The molecule has 1 fully saturated rings. The summed E-state index contributed by atoms with van der Waals surface area (Å²) in [6.07, 6.45) is -3.43. The van der Waals surface area contributed by atoms with Gasteiger partial charge in [0.2, 0.25) is 0 Å². The Morgan fingerprint density at radius 1 is 0.938 bits per heavy atom. The zero-order valence-corrected chi connectivity index (χ0v) is 18.5. The molecule has 0 bridgehead atoms. The van der Waals surface area contributed by atoms with E-state index in [1.807, 2.05) is 29.2 Å². The highest BCUT2D eigenvalue weighted by atomic mass is 35.5. The number of benzene rings is 2. The maximum Gasteiger partial charge on any atom is 0.411 e. The van der Waals surface area contributed by atoms with Gasteiger partial charge in [-0.3, -0.25) is 4.90 Å². The van der Waals surface area contributed by atoms with Gasteiger partial charge < -0.3 is 15.0 Å². The molecule has 1 aliphatic heterocycles. The number of halogens is 4. The zero-order valence-electron chi connectivity index (χ0n) is 17.7. The van der Waals surface area contributed by atoms with Crippen molar-refractivity contribution in [3.8, 4) is 0 Å². The quantitative estimate of drug-likeness (QED) is 0.631.